The molecule has 8 nitrogen and oxygen atoms in total. The summed E-state index contributed by atoms with van der Waals surface area (Å²) in [5.41, 5.74) is 15.3. The highest BCUT2D eigenvalue weighted by Gasteiger charge is 2.27. The van der Waals surface area contributed by atoms with Gasteiger partial charge in [0.25, 0.3) is 0 Å². The molecule has 1 unspecified atom stereocenters. The Hall–Kier alpha value is -3.60. The summed E-state index contributed by atoms with van der Waals surface area (Å²) in [6.45, 7) is 1.40. The van der Waals surface area contributed by atoms with E-state index in [1.165, 1.54) is 6.33 Å². The summed E-state index contributed by atoms with van der Waals surface area (Å²) in [6, 6.07) is 6.98. The van der Waals surface area contributed by atoms with Crippen LogP contribution in [-0.2, 0) is 0 Å². The molecule has 0 saturated carbocycles. The number of primary amides is 1. The Bertz CT molecular complexity index is 1030. The van der Waals surface area contributed by atoms with Gasteiger partial charge in [-0.3, -0.25) is 4.79 Å². The van der Waals surface area contributed by atoms with Crippen LogP contribution in [0.15, 0.2) is 36.8 Å². The second-order valence-corrected chi connectivity index (χ2v) is 6.35. The van der Waals surface area contributed by atoms with E-state index >= 15 is 0 Å². The van der Waals surface area contributed by atoms with E-state index in [4.69, 9.17) is 16.7 Å². The lowest BCUT2D eigenvalue weighted by molar-refractivity contribution is 0.100. The van der Waals surface area contributed by atoms with Crippen LogP contribution >= 0.6 is 0 Å². The number of carbonyl (C=O) groups is 1. The number of anilines is 1. The predicted octanol–water partition coefficient (Wildman–Crippen LogP) is 1.37. The van der Waals surface area contributed by atoms with Gasteiger partial charge in [-0.2, -0.15) is 5.26 Å². The van der Waals surface area contributed by atoms with Gasteiger partial charge in [-0.05, 0) is 30.7 Å². The van der Waals surface area contributed by atoms with Gasteiger partial charge in [0.15, 0.2) is 12.0 Å². The average Bonchev–Trinajstić information content (AvgIpc) is 3.27. The zero-order chi connectivity index (χ0) is 18.3. The van der Waals surface area contributed by atoms with Crippen LogP contribution in [0.2, 0.25) is 0 Å². The number of hydrogen-bond acceptors (Lipinski definition) is 6. The van der Waals surface area contributed by atoms with Gasteiger partial charge in [0.1, 0.15) is 11.8 Å². The van der Waals surface area contributed by atoms with Crippen LogP contribution in [-0.4, -0.2) is 38.4 Å². The van der Waals surface area contributed by atoms with Crippen LogP contribution in [0.1, 0.15) is 28.3 Å². The number of hydrogen-bond donors (Lipinski definition) is 2. The minimum atomic E-state index is -0.472. The Morgan fingerprint density at radius 1 is 1.27 bits per heavy atom. The SMILES string of the molecule is N#CN1CCC(c2cn(-c3ccc(C(N)=O)cc3)c3c(N)ncnc23)C1. The molecular weight excluding hydrogens is 330 g/mol. The average molecular weight is 347 g/mol. The monoisotopic (exact) mass is 347 g/mol. The molecule has 1 amide bonds. The van der Waals surface area contributed by atoms with E-state index in [0.29, 0.717) is 17.9 Å². The highest BCUT2D eigenvalue weighted by Crippen LogP contribution is 2.35. The molecule has 0 aliphatic carbocycles. The molecule has 8 heteroatoms. The van der Waals surface area contributed by atoms with E-state index in [9.17, 15) is 4.79 Å². The van der Waals surface area contributed by atoms with Crippen molar-refractivity contribution in [1.29, 1.82) is 5.26 Å². The van der Waals surface area contributed by atoms with Gasteiger partial charge < -0.3 is 20.9 Å². The first-order valence-corrected chi connectivity index (χ1v) is 8.25. The summed E-state index contributed by atoms with van der Waals surface area (Å²) in [6.07, 6.45) is 6.55. The van der Waals surface area contributed by atoms with Crippen LogP contribution in [0.5, 0.6) is 0 Å². The third-order valence-electron chi connectivity index (χ3n) is 4.83. The Morgan fingerprint density at radius 3 is 2.69 bits per heavy atom. The molecule has 1 saturated heterocycles. The molecule has 1 fully saturated rings. The van der Waals surface area contributed by atoms with Crippen molar-refractivity contribution < 1.29 is 4.79 Å². The zero-order valence-corrected chi connectivity index (χ0v) is 14.0. The van der Waals surface area contributed by atoms with Crippen molar-refractivity contribution in [3.63, 3.8) is 0 Å². The number of benzene rings is 1. The third kappa shape index (κ3) is 2.50. The van der Waals surface area contributed by atoms with E-state index in [1.54, 1.807) is 17.0 Å². The molecule has 1 atom stereocenters. The first-order valence-electron chi connectivity index (χ1n) is 8.25. The number of fused-ring (bicyclic) bond motifs is 1. The Balaban J connectivity index is 1.85. The number of aromatic nitrogens is 3. The molecule has 26 heavy (non-hydrogen) atoms. The molecule has 0 spiro atoms. The van der Waals surface area contributed by atoms with E-state index in [1.807, 2.05) is 22.9 Å². The third-order valence-corrected chi connectivity index (χ3v) is 4.83. The van der Waals surface area contributed by atoms with E-state index < -0.39 is 5.91 Å². The van der Waals surface area contributed by atoms with Gasteiger partial charge in [-0.25, -0.2) is 9.97 Å². The molecule has 1 aliphatic rings. The van der Waals surface area contributed by atoms with Gasteiger partial charge in [0.05, 0.1) is 5.52 Å². The standard InChI is InChI=1S/C18H17N7O/c19-9-24-6-5-12(7-24)14-8-25(16-15(14)22-10-23-17(16)20)13-3-1-11(2-4-13)18(21)26/h1-4,8,10,12H,5-7H2,(H2,21,26)(H2,20,22,23). The summed E-state index contributed by atoms with van der Waals surface area (Å²) in [5, 5.41) is 9.13. The lowest BCUT2D eigenvalue weighted by Gasteiger charge is -2.08. The first kappa shape index (κ1) is 15.9. The maximum Gasteiger partial charge on any atom is 0.248 e. The van der Waals surface area contributed by atoms with Crippen LogP contribution in [0, 0.1) is 11.5 Å². The van der Waals surface area contributed by atoms with E-state index in [-0.39, 0.29) is 5.92 Å². The van der Waals surface area contributed by atoms with Crippen LogP contribution < -0.4 is 11.5 Å². The maximum absolute atomic E-state index is 11.3. The normalized spacial score (nSPS) is 16.7. The smallest absolute Gasteiger partial charge is 0.248 e. The van der Waals surface area contributed by atoms with Crippen LogP contribution in [0.3, 0.4) is 0 Å². The van der Waals surface area contributed by atoms with Gasteiger partial charge in [0.2, 0.25) is 5.91 Å². The largest absolute Gasteiger partial charge is 0.382 e. The molecule has 0 bridgehead atoms. The van der Waals surface area contributed by atoms with Crippen molar-refractivity contribution in [2.45, 2.75) is 12.3 Å². The molecule has 1 aliphatic heterocycles. The fourth-order valence-corrected chi connectivity index (χ4v) is 3.50. The second-order valence-electron chi connectivity index (χ2n) is 6.35. The summed E-state index contributed by atoms with van der Waals surface area (Å²) in [7, 11) is 0. The van der Waals surface area contributed by atoms with Crippen LogP contribution in [0.4, 0.5) is 5.82 Å². The molecule has 3 heterocycles. The quantitative estimate of drug-likeness (QED) is 0.689. The Morgan fingerprint density at radius 2 is 2.04 bits per heavy atom. The predicted molar refractivity (Wildman–Crippen MR) is 96.3 cm³/mol. The maximum atomic E-state index is 11.3. The Kier molecular flexibility index (Phi) is 3.69. The number of nitrogens with two attached hydrogens (primary N) is 2. The molecule has 1 aromatic carbocycles. The number of nitrogens with zero attached hydrogens (tertiary/aromatic N) is 5. The highest BCUT2D eigenvalue weighted by atomic mass is 16.1. The minimum Gasteiger partial charge on any atom is -0.382 e. The number of likely N-dealkylation sites (tertiary alicyclic amines) is 1. The fraction of sp³-hybridized carbons (Fsp3) is 0.222. The van der Waals surface area contributed by atoms with Crippen LogP contribution in [0.25, 0.3) is 16.7 Å². The number of rotatable bonds is 3. The number of nitrogen functional groups attached to an aromatic ring is 1. The number of amides is 1. The Labute approximate surface area is 149 Å². The summed E-state index contributed by atoms with van der Waals surface area (Å²) in [4.78, 5) is 21.6. The summed E-state index contributed by atoms with van der Waals surface area (Å²) in [5.74, 6) is 0.118. The van der Waals surface area contributed by atoms with Gasteiger partial charge in [0, 0.05) is 42.0 Å². The van der Waals surface area contributed by atoms with Gasteiger partial charge in [-0.15, -0.1) is 0 Å². The summed E-state index contributed by atoms with van der Waals surface area (Å²) >= 11 is 0. The van der Waals surface area contributed by atoms with Crippen molar-refractivity contribution >= 4 is 22.8 Å². The lowest BCUT2D eigenvalue weighted by Crippen LogP contribution is -2.12. The van der Waals surface area contributed by atoms with Crippen molar-refractivity contribution in [3.8, 4) is 11.9 Å². The zero-order valence-electron chi connectivity index (χ0n) is 14.0. The molecule has 3 aromatic rings. The molecule has 2 aromatic heterocycles. The second kappa shape index (κ2) is 6.04. The summed E-state index contributed by atoms with van der Waals surface area (Å²) < 4.78 is 1.93. The van der Waals surface area contributed by atoms with Crippen molar-refractivity contribution in [3.05, 3.63) is 47.9 Å². The molecule has 0 radical (unpaired) electrons. The lowest BCUT2D eigenvalue weighted by atomic mass is 10.0. The molecule has 130 valence electrons. The topological polar surface area (TPSA) is 127 Å². The van der Waals surface area contributed by atoms with E-state index in [2.05, 4.69) is 16.2 Å². The number of nitriles is 1. The highest BCUT2D eigenvalue weighted by molar-refractivity contribution is 5.93. The molecule has 4 rings (SSSR count). The van der Waals surface area contributed by atoms with Crippen molar-refractivity contribution in [2.24, 2.45) is 5.73 Å². The number of carbonyl (C=O) groups excluding carboxylic acids is 1. The first-order chi connectivity index (χ1) is 12.6. The van der Waals surface area contributed by atoms with Gasteiger partial charge in [-0.1, -0.05) is 0 Å². The van der Waals surface area contributed by atoms with E-state index in [0.717, 1.165) is 35.2 Å². The van der Waals surface area contributed by atoms with Gasteiger partial charge >= 0.3 is 0 Å². The fourth-order valence-electron chi connectivity index (χ4n) is 3.50. The van der Waals surface area contributed by atoms with Crippen molar-refractivity contribution in [2.75, 3.05) is 18.8 Å². The molecular formula is C18H17N7O. The minimum absolute atomic E-state index is 0.206. The van der Waals surface area contributed by atoms with Crippen molar-refractivity contribution in [1.82, 2.24) is 19.4 Å². The molecule has 4 N–H and O–H groups in total.